The van der Waals surface area contributed by atoms with E-state index in [2.05, 4.69) is 5.32 Å². The van der Waals surface area contributed by atoms with Gasteiger partial charge in [0.25, 0.3) is 11.6 Å². The zero-order valence-electron chi connectivity index (χ0n) is 15.8. The van der Waals surface area contributed by atoms with E-state index in [1.807, 2.05) is 0 Å². The molecule has 1 amide bonds. The second-order valence-corrected chi connectivity index (χ2v) is 6.99. The molecule has 30 heavy (non-hydrogen) atoms. The number of rotatable bonds is 7. The quantitative estimate of drug-likeness (QED) is 0.264. The minimum Gasteiger partial charge on any atom is -0.493 e. The number of amides is 1. The van der Waals surface area contributed by atoms with Crippen LogP contribution < -0.4 is 14.8 Å². The number of halogens is 3. The number of nitro benzene ring substituents is 1. The summed E-state index contributed by atoms with van der Waals surface area (Å²) in [7, 11) is 2.59. The Kier molecular flexibility index (Phi) is 7.71. The Morgan fingerprint density at radius 1 is 1.00 bits per heavy atom. The van der Waals surface area contributed by atoms with Gasteiger partial charge in [0.2, 0.25) is 0 Å². The summed E-state index contributed by atoms with van der Waals surface area (Å²) >= 11 is 17.7. The fourth-order valence-electron chi connectivity index (χ4n) is 2.31. The summed E-state index contributed by atoms with van der Waals surface area (Å²) in [6.45, 7) is 1.28. The molecule has 0 aliphatic rings. The van der Waals surface area contributed by atoms with Crippen LogP contribution in [0.1, 0.15) is 17.3 Å². The molecule has 1 N–H and O–H groups in total. The zero-order chi connectivity index (χ0) is 22.6. The van der Waals surface area contributed by atoms with Crippen molar-refractivity contribution in [3.8, 4) is 11.5 Å². The highest BCUT2D eigenvalue weighted by Crippen LogP contribution is 2.35. The molecule has 2 aromatic carbocycles. The third kappa shape index (κ3) is 5.24. The smallest absolute Gasteiger partial charge is 0.346 e. The maximum Gasteiger partial charge on any atom is 0.346 e. The summed E-state index contributed by atoms with van der Waals surface area (Å²) in [6, 6.07) is 4.79. The van der Waals surface area contributed by atoms with Crippen molar-refractivity contribution in [2.24, 2.45) is 0 Å². The molecule has 12 heteroatoms. The van der Waals surface area contributed by atoms with Crippen LogP contribution in [0.15, 0.2) is 24.3 Å². The second kappa shape index (κ2) is 9.84. The number of carbonyl (C=O) groups is 2. The van der Waals surface area contributed by atoms with Gasteiger partial charge in [-0.1, -0.05) is 34.8 Å². The molecule has 2 aromatic rings. The largest absolute Gasteiger partial charge is 0.493 e. The van der Waals surface area contributed by atoms with E-state index in [0.29, 0.717) is 0 Å². The first-order chi connectivity index (χ1) is 14.1. The van der Waals surface area contributed by atoms with E-state index in [-0.39, 0.29) is 32.3 Å². The lowest BCUT2D eigenvalue weighted by Gasteiger charge is -2.15. The summed E-state index contributed by atoms with van der Waals surface area (Å²) in [5, 5.41) is 14.2. The van der Waals surface area contributed by atoms with Gasteiger partial charge in [0, 0.05) is 6.07 Å². The van der Waals surface area contributed by atoms with Gasteiger partial charge in [-0.15, -0.1) is 0 Å². The monoisotopic (exact) mass is 476 g/mol. The molecule has 160 valence electrons. The minimum absolute atomic E-state index is 0.0563. The van der Waals surface area contributed by atoms with Gasteiger partial charge >= 0.3 is 5.97 Å². The maximum absolute atomic E-state index is 12.5. The molecule has 0 fully saturated rings. The van der Waals surface area contributed by atoms with E-state index < -0.39 is 34.2 Å². The lowest BCUT2D eigenvalue weighted by molar-refractivity contribution is -0.385. The number of nitro groups is 1. The molecule has 2 rings (SSSR count). The molecule has 0 aliphatic carbocycles. The SMILES string of the molecule is COc1cc(C(=O)OC(C)C(=O)Nc2cc(Cl)c(Cl)cc2Cl)c([N+](=O)[O-])cc1OC. The van der Waals surface area contributed by atoms with Gasteiger partial charge in [-0.05, 0) is 19.1 Å². The van der Waals surface area contributed by atoms with E-state index in [1.54, 1.807) is 0 Å². The number of carbonyl (C=O) groups excluding carboxylic acids is 2. The minimum atomic E-state index is -1.32. The number of hydrogen-bond donors (Lipinski definition) is 1. The van der Waals surface area contributed by atoms with Crippen molar-refractivity contribution in [1.82, 2.24) is 0 Å². The van der Waals surface area contributed by atoms with E-state index in [0.717, 1.165) is 12.1 Å². The lowest BCUT2D eigenvalue weighted by atomic mass is 10.1. The Hall–Kier alpha value is -2.75. The Morgan fingerprint density at radius 2 is 1.57 bits per heavy atom. The van der Waals surface area contributed by atoms with Crippen LogP contribution >= 0.6 is 34.8 Å². The van der Waals surface area contributed by atoms with E-state index in [4.69, 9.17) is 49.0 Å². The summed E-state index contributed by atoms with van der Waals surface area (Å²) in [5.41, 5.74) is -0.835. The van der Waals surface area contributed by atoms with Crippen LogP contribution in [0, 0.1) is 10.1 Å². The molecule has 0 bridgehead atoms. The highest BCUT2D eigenvalue weighted by molar-refractivity contribution is 6.44. The molecule has 0 radical (unpaired) electrons. The van der Waals surface area contributed by atoms with Crippen LogP contribution in [0.2, 0.25) is 15.1 Å². The van der Waals surface area contributed by atoms with Crippen molar-refractivity contribution < 1.29 is 28.7 Å². The second-order valence-electron chi connectivity index (χ2n) is 5.76. The fraction of sp³-hybridized carbons (Fsp3) is 0.222. The number of esters is 1. The third-order valence-electron chi connectivity index (χ3n) is 3.84. The van der Waals surface area contributed by atoms with Crippen molar-refractivity contribution in [1.29, 1.82) is 0 Å². The van der Waals surface area contributed by atoms with Gasteiger partial charge in [0.15, 0.2) is 17.6 Å². The Balaban J connectivity index is 2.24. The highest BCUT2D eigenvalue weighted by Gasteiger charge is 2.28. The molecule has 0 saturated heterocycles. The number of methoxy groups -OCH3 is 2. The van der Waals surface area contributed by atoms with Crippen LogP contribution in [-0.2, 0) is 9.53 Å². The number of hydrogen-bond acceptors (Lipinski definition) is 7. The molecule has 1 unspecified atom stereocenters. The Bertz CT molecular complexity index is 1010. The molecule has 0 aliphatic heterocycles. The Labute approximate surface area is 185 Å². The summed E-state index contributed by atoms with van der Waals surface area (Å²) < 4.78 is 15.1. The van der Waals surface area contributed by atoms with Gasteiger partial charge in [0.1, 0.15) is 5.56 Å². The molecule has 1 atom stereocenters. The van der Waals surface area contributed by atoms with Crippen molar-refractivity contribution >= 4 is 58.1 Å². The average molecular weight is 478 g/mol. The molecule has 0 saturated carbocycles. The number of anilines is 1. The van der Waals surface area contributed by atoms with Crippen LogP contribution in [0.4, 0.5) is 11.4 Å². The van der Waals surface area contributed by atoms with Gasteiger partial charge in [0.05, 0.1) is 46.0 Å². The molecular formula is C18H15Cl3N2O7. The van der Waals surface area contributed by atoms with Crippen molar-refractivity contribution in [2.75, 3.05) is 19.5 Å². The predicted octanol–water partition coefficient (Wildman–Crippen LogP) is 4.76. The standard InChI is InChI=1S/C18H15Cl3N2O7/c1-8(17(24)22-13-6-11(20)10(19)5-12(13)21)30-18(25)9-4-15(28-2)16(29-3)7-14(9)23(26)27/h4-8H,1-3H3,(H,22,24). The first-order valence-electron chi connectivity index (χ1n) is 8.15. The molecule has 0 aromatic heterocycles. The average Bonchev–Trinajstić information content (AvgIpc) is 2.70. The first-order valence-corrected chi connectivity index (χ1v) is 9.29. The van der Waals surface area contributed by atoms with Gasteiger partial charge in [-0.3, -0.25) is 14.9 Å². The van der Waals surface area contributed by atoms with Crippen LogP contribution in [0.3, 0.4) is 0 Å². The van der Waals surface area contributed by atoms with Gasteiger partial charge < -0.3 is 19.5 Å². The van der Waals surface area contributed by atoms with Gasteiger partial charge in [-0.25, -0.2) is 4.79 Å². The summed E-state index contributed by atoms with van der Waals surface area (Å²) in [6.07, 6.45) is -1.32. The number of nitrogens with zero attached hydrogens (tertiary/aromatic N) is 1. The summed E-state index contributed by atoms with van der Waals surface area (Å²) in [4.78, 5) is 35.4. The molecule has 9 nitrogen and oxygen atoms in total. The predicted molar refractivity (Wildman–Crippen MR) is 111 cm³/mol. The maximum atomic E-state index is 12.5. The van der Waals surface area contributed by atoms with Gasteiger partial charge in [-0.2, -0.15) is 0 Å². The summed E-state index contributed by atoms with van der Waals surface area (Å²) in [5.74, 6) is -1.71. The van der Waals surface area contributed by atoms with Crippen LogP contribution in [0.25, 0.3) is 0 Å². The van der Waals surface area contributed by atoms with Crippen LogP contribution in [0.5, 0.6) is 11.5 Å². The number of nitrogens with one attached hydrogen (secondary N) is 1. The topological polar surface area (TPSA) is 117 Å². The lowest BCUT2D eigenvalue weighted by Crippen LogP contribution is -2.30. The molecule has 0 spiro atoms. The van der Waals surface area contributed by atoms with E-state index in [1.165, 1.54) is 33.3 Å². The molecular weight excluding hydrogens is 463 g/mol. The zero-order valence-corrected chi connectivity index (χ0v) is 18.1. The third-order valence-corrected chi connectivity index (χ3v) is 4.87. The Morgan fingerprint density at radius 3 is 2.13 bits per heavy atom. The number of ether oxygens (including phenoxy) is 3. The van der Waals surface area contributed by atoms with E-state index >= 15 is 0 Å². The number of benzene rings is 2. The van der Waals surface area contributed by atoms with Crippen molar-refractivity contribution in [3.63, 3.8) is 0 Å². The van der Waals surface area contributed by atoms with Crippen LogP contribution in [-0.4, -0.2) is 37.1 Å². The van der Waals surface area contributed by atoms with Crippen molar-refractivity contribution in [2.45, 2.75) is 13.0 Å². The first kappa shape index (κ1) is 23.5. The van der Waals surface area contributed by atoms with Crippen molar-refractivity contribution in [3.05, 3.63) is 55.0 Å². The molecule has 0 heterocycles. The normalized spacial score (nSPS) is 11.4. The van der Waals surface area contributed by atoms with E-state index in [9.17, 15) is 19.7 Å². The highest BCUT2D eigenvalue weighted by atomic mass is 35.5. The fourth-order valence-corrected chi connectivity index (χ4v) is 2.91.